The van der Waals surface area contributed by atoms with E-state index in [4.69, 9.17) is 21.4 Å². The summed E-state index contributed by atoms with van der Waals surface area (Å²) in [6.07, 6.45) is 0. The summed E-state index contributed by atoms with van der Waals surface area (Å²) < 4.78 is 4.81. The number of phenols is 2. The lowest BCUT2D eigenvalue weighted by atomic mass is 10.2. The van der Waals surface area contributed by atoms with Crippen molar-refractivity contribution in [1.82, 2.24) is 0 Å². The molecular weight excluding hydrogens is 322 g/mol. The number of nitrogens with one attached hydrogen (secondary N) is 1. The third-order valence-electron chi connectivity index (χ3n) is 2.99. The van der Waals surface area contributed by atoms with Crippen LogP contribution in [0.15, 0.2) is 36.4 Å². The van der Waals surface area contributed by atoms with Crippen LogP contribution in [0.25, 0.3) is 0 Å². The summed E-state index contributed by atoms with van der Waals surface area (Å²) >= 11 is 5.95. The van der Waals surface area contributed by atoms with Gasteiger partial charge in [0.25, 0.3) is 5.91 Å². The first-order chi connectivity index (χ1) is 10.9. The number of anilines is 1. The molecule has 0 aliphatic carbocycles. The number of halogens is 1. The van der Waals surface area contributed by atoms with Crippen molar-refractivity contribution >= 4 is 29.2 Å². The number of carbonyl (C=O) groups excluding carboxylic acids is 2. The maximum Gasteiger partial charge on any atom is 0.342 e. The van der Waals surface area contributed by atoms with E-state index in [0.717, 1.165) is 11.6 Å². The van der Waals surface area contributed by atoms with Crippen LogP contribution in [0.4, 0.5) is 5.69 Å². The molecule has 0 heterocycles. The highest BCUT2D eigenvalue weighted by atomic mass is 35.5. The molecular formula is C16H14ClNO5. The van der Waals surface area contributed by atoms with Crippen molar-refractivity contribution in [2.24, 2.45) is 0 Å². The molecule has 0 aromatic heterocycles. The highest BCUT2D eigenvalue weighted by molar-refractivity contribution is 6.31. The average molecular weight is 336 g/mol. The smallest absolute Gasteiger partial charge is 0.342 e. The van der Waals surface area contributed by atoms with Crippen LogP contribution in [0.3, 0.4) is 0 Å². The Labute approximate surface area is 137 Å². The number of hydrogen-bond acceptors (Lipinski definition) is 5. The van der Waals surface area contributed by atoms with E-state index in [1.807, 2.05) is 6.92 Å². The molecule has 0 atom stereocenters. The topological polar surface area (TPSA) is 95.9 Å². The van der Waals surface area contributed by atoms with Gasteiger partial charge in [-0.25, -0.2) is 4.79 Å². The van der Waals surface area contributed by atoms with Gasteiger partial charge in [-0.05, 0) is 36.8 Å². The van der Waals surface area contributed by atoms with E-state index < -0.39 is 24.2 Å². The van der Waals surface area contributed by atoms with Crippen LogP contribution < -0.4 is 5.32 Å². The second-order valence-electron chi connectivity index (χ2n) is 4.79. The normalized spacial score (nSPS) is 10.2. The van der Waals surface area contributed by atoms with Crippen molar-refractivity contribution in [3.05, 3.63) is 52.5 Å². The number of phenolic OH excluding ortho intramolecular Hbond substituents is 2. The number of hydrogen-bond donors (Lipinski definition) is 3. The van der Waals surface area contributed by atoms with Gasteiger partial charge in [0.2, 0.25) is 0 Å². The van der Waals surface area contributed by atoms with E-state index in [0.29, 0.717) is 10.7 Å². The predicted octanol–water partition coefficient (Wildman–Crippen LogP) is 2.86. The van der Waals surface area contributed by atoms with E-state index in [1.165, 1.54) is 12.1 Å². The minimum absolute atomic E-state index is 0.144. The molecule has 0 unspecified atom stereocenters. The zero-order chi connectivity index (χ0) is 17.0. The van der Waals surface area contributed by atoms with E-state index >= 15 is 0 Å². The van der Waals surface area contributed by atoms with E-state index in [9.17, 15) is 14.7 Å². The zero-order valence-electron chi connectivity index (χ0n) is 12.2. The lowest BCUT2D eigenvalue weighted by Crippen LogP contribution is -2.21. The van der Waals surface area contributed by atoms with Crippen molar-refractivity contribution in [2.75, 3.05) is 11.9 Å². The van der Waals surface area contributed by atoms with Crippen molar-refractivity contribution in [1.29, 1.82) is 0 Å². The summed E-state index contributed by atoms with van der Waals surface area (Å²) in [6.45, 7) is 1.31. The molecule has 7 heteroatoms. The third-order valence-corrected chi connectivity index (χ3v) is 3.40. The summed E-state index contributed by atoms with van der Waals surface area (Å²) in [4.78, 5) is 23.5. The highest BCUT2D eigenvalue weighted by Gasteiger charge is 2.15. The number of amides is 1. The van der Waals surface area contributed by atoms with E-state index in [2.05, 4.69) is 5.32 Å². The number of carbonyl (C=O) groups is 2. The molecule has 6 nitrogen and oxygen atoms in total. The molecule has 1 amide bonds. The van der Waals surface area contributed by atoms with Gasteiger partial charge < -0.3 is 20.3 Å². The van der Waals surface area contributed by atoms with Crippen LogP contribution in [-0.4, -0.2) is 28.7 Å². The van der Waals surface area contributed by atoms with Gasteiger partial charge in [0.05, 0.1) is 0 Å². The number of ether oxygens (including phenoxy) is 1. The summed E-state index contributed by atoms with van der Waals surface area (Å²) in [7, 11) is 0. The largest absolute Gasteiger partial charge is 0.508 e. The Morgan fingerprint density at radius 1 is 1.17 bits per heavy atom. The number of benzene rings is 2. The molecule has 0 aliphatic heterocycles. The first-order valence-electron chi connectivity index (χ1n) is 6.62. The molecule has 120 valence electrons. The Morgan fingerprint density at radius 2 is 1.91 bits per heavy atom. The third kappa shape index (κ3) is 4.37. The fraction of sp³-hybridized carbons (Fsp3) is 0.125. The van der Waals surface area contributed by atoms with Crippen LogP contribution in [0, 0.1) is 6.92 Å². The Morgan fingerprint density at radius 3 is 2.57 bits per heavy atom. The maximum atomic E-state index is 11.8. The summed E-state index contributed by atoms with van der Waals surface area (Å²) in [5.74, 6) is -2.04. The van der Waals surface area contributed by atoms with E-state index in [-0.39, 0.29) is 11.3 Å². The molecule has 3 N–H and O–H groups in total. The second kappa shape index (κ2) is 7.02. The zero-order valence-corrected chi connectivity index (χ0v) is 12.9. The van der Waals surface area contributed by atoms with Gasteiger partial charge in [0, 0.05) is 16.8 Å². The quantitative estimate of drug-likeness (QED) is 0.747. The van der Waals surface area contributed by atoms with Crippen LogP contribution in [-0.2, 0) is 9.53 Å². The maximum absolute atomic E-state index is 11.8. The minimum Gasteiger partial charge on any atom is -0.508 e. The van der Waals surface area contributed by atoms with Crippen molar-refractivity contribution in [3.8, 4) is 11.5 Å². The van der Waals surface area contributed by atoms with Crippen LogP contribution >= 0.6 is 11.6 Å². The van der Waals surface area contributed by atoms with Crippen LogP contribution in [0.2, 0.25) is 5.02 Å². The van der Waals surface area contributed by atoms with Gasteiger partial charge >= 0.3 is 5.97 Å². The summed E-state index contributed by atoms with van der Waals surface area (Å²) in [6, 6.07) is 8.44. The number of aryl methyl sites for hydroxylation is 1. The van der Waals surface area contributed by atoms with Gasteiger partial charge in [0.15, 0.2) is 6.61 Å². The molecule has 2 aromatic carbocycles. The molecule has 0 fully saturated rings. The fourth-order valence-electron chi connectivity index (χ4n) is 1.77. The summed E-state index contributed by atoms with van der Waals surface area (Å²) in [5.41, 5.74) is 1.21. The number of rotatable bonds is 4. The molecule has 0 radical (unpaired) electrons. The molecule has 0 saturated carbocycles. The lowest BCUT2D eigenvalue weighted by Gasteiger charge is -2.08. The minimum atomic E-state index is -0.875. The average Bonchev–Trinajstić information content (AvgIpc) is 2.48. The van der Waals surface area contributed by atoms with Gasteiger partial charge in [-0.3, -0.25) is 4.79 Å². The first-order valence-corrected chi connectivity index (χ1v) is 6.99. The molecule has 23 heavy (non-hydrogen) atoms. The molecule has 0 spiro atoms. The van der Waals surface area contributed by atoms with Crippen LogP contribution in [0.1, 0.15) is 15.9 Å². The Bertz CT molecular complexity index is 760. The number of esters is 1. The Balaban J connectivity index is 1.93. The standard InChI is InChI=1S/C16H14ClNO5/c1-9-2-3-10(6-13(9)17)18-15(21)8-23-16(22)12-5-4-11(19)7-14(12)20/h2-7,19-20H,8H2,1H3,(H,18,21). The van der Waals surface area contributed by atoms with Gasteiger partial charge in [0.1, 0.15) is 17.1 Å². The predicted molar refractivity (Wildman–Crippen MR) is 84.9 cm³/mol. The molecule has 2 rings (SSSR count). The monoisotopic (exact) mass is 335 g/mol. The molecule has 2 aromatic rings. The van der Waals surface area contributed by atoms with Crippen molar-refractivity contribution in [2.45, 2.75) is 6.92 Å². The SMILES string of the molecule is Cc1ccc(NC(=O)COC(=O)c2ccc(O)cc2O)cc1Cl. The lowest BCUT2D eigenvalue weighted by molar-refractivity contribution is -0.119. The fourth-order valence-corrected chi connectivity index (χ4v) is 1.95. The van der Waals surface area contributed by atoms with E-state index in [1.54, 1.807) is 18.2 Å². The first kappa shape index (κ1) is 16.6. The van der Waals surface area contributed by atoms with Crippen molar-refractivity contribution in [3.63, 3.8) is 0 Å². The number of aromatic hydroxyl groups is 2. The highest BCUT2D eigenvalue weighted by Crippen LogP contribution is 2.23. The molecule has 0 saturated heterocycles. The molecule has 0 bridgehead atoms. The van der Waals surface area contributed by atoms with Gasteiger partial charge in [-0.2, -0.15) is 0 Å². The van der Waals surface area contributed by atoms with Gasteiger partial charge in [-0.15, -0.1) is 0 Å². The van der Waals surface area contributed by atoms with Crippen molar-refractivity contribution < 1.29 is 24.5 Å². The van der Waals surface area contributed by atoms with Gasteiger partial charge in [-0.1, -0.05) is 17.7 Å². The second-order valence-corrected chi connectivity index (χ2v) is 5.20. The Kier molecular flexibility index (Phi) is 5.08. The van der Waals surface area contributed by atoms with Crippen LogP contribution in [0.5, 0.6) is 11.5 Å². The Hall–Kier alpha value is -2.73. The molecule has 0 aliphatic rings. The summed E-state index contributed by atoms with van der Waals surface area (Å²) in [5, 5.41) is 21.7.